The maximum atomic E-state index is 4.56. The molecule has 0 aliphatic carbocycles. The van der Waals surface area contributed by atoms with Crippen LogP contribution in [-0.4, -0.2) is 34.1 Å². The van der Waals surface area contributed by atoms with Crippen LogP contribution in [0.4, 0.5) is 5.82 Å². The van der Waals surface area contributed by atoms with E-state index in [-0.39, 0.29) is 0 Å². The summed E-state index contributed by atoms with van der Waals surface area (Å²) in [5.41, 5.74) is 3.84. The number of benzene rings is 1. The van der Waals surface area contributed by atoms with E-state index in [0.717, 1.165) is 28.3 Å². The largest absolute Gasteiger partial charge is 0.361 e. The number of anilines is 1. The first-order chi connectivity index (χ1) is 11.7. The van der Waals surface area contributed by atoms with Gasteiger partial charge >= 0.3 is 0 Å². The van der Waals surface area contributed by atoms with Gasteiger partial charge < -0.3 is 4.90 Å². The number of hydrogen-bond donors (Lipinski definition) is 0. The molecule has 5 heteroatoms. The van der Waals surface area contributed by atoms with Gasteiger partial charge in [-0.15, -0.1) is 16.1 Å². The summed E-state index contributed by atoms with van der Waals surface area (Å²) in [6.07, 6.45) is 1.94. The molecule has 3 aromatic rings. The molecule has 0 spiro atoms. The van der Waals surface area contributed by atoms with Gasteiger partial charge in [-0.2, -0.15) is 5.10 Å². The van der Waals surface area contributed by atoms with Gasteiger partial charge in [0.1, 0.15) is 6.54 Å². The first-order valence-corrected chi connectivity index (χ1v) is 7.72. The van der Waals surface area contributed by atoms with Crippen molar-refractivity contribution < 1.29 is 0 Å². The van der Waals surface area contributed by atoms with Crippen molar-refractivity contribution in [3.05, 3.63) is 48.7 Å². The molecular formula is C19H19N5. The molecule has 0 radical (unpaired) electrons. The van der Waals surface area contributed by atoms with Crippen LogP contribution in [-0.2, 0) is 6.54 Å². The van der Waals surface area contributed by atoms with Crippen LogP contribution in [0.3, 0.4) is 0 Å². The maximum absolute atomic E-state index is 4.56. The summed E-state index contributed by atoms with van der Waals surface area (Å²) in [4.78, 5) is 1.93. The summed E-state index contributed by atoms with van der Waals surface area (Å²) < 4.78 is 1.84. The molecule has 0 aliphatic rings. The van der Waals surface area contributed by atoms with E-state index in [9.17, 15) is 0 Å². The topological polar surface area (TPSA) is 46.8 Å². The lowest BCUT2D eigenvalue weighted by Crippen LogP contribution is -2.11. The van der Waals surface area contributed by atoms with Gasteiger partial charge in [0, 0.05) is 31.4 Å². The third-order valence-electron chi connectivity index (χ3n) is 3.62. The third kappa shape index (κ3) is 3.44. The molecule has 2 heterocycles. The zero-order chi connectivity index (χ0) is 16.9. The van der Waals surface area contributed by atoms with E-state index >= 15 is 0 Å². The van der Waals surface area contributed by atoms with E-state index in [0.29, 0.717) is 6.54 Å². The highest BCUT2D eigenvalue weighted by molar-refractivity contribution is 5.69. The highest BCUT2D eigenvalue weighted by Crippen LogP contribution is 2.24. The molecule has 0 saturated heterocycles. The Balaban J connectivity index is 1.88. The maximum Gasteiger partial charge on any atom is 0.150 e. The Labute approximate surface area is 142 Å². The Morgan fingerprint density at radius 1 is 1.00 bits per heavy atom. The van der Waals surface area contributed by atoms with Gasteiger partial charge in [-0.05, 0) is 31.2 Å². The molecule has 0 unspecified atom stereocenters. The summed E-state index contributed by atoms with van der Waals surface area (Å²) in [6, 6.07) is 14.1. The van der Waals surface area contributed by atoms with Gasteiger partial charge in [0.05, 0.1) is 11.4 Å². The van der Waals surface area contributed by atoms with E-state index in [2.05, 4.69) is 33.2 Å². The van der Waals surface area contributed by atoms with Gasteiger partial charge in [0.25, 0.3) is 0 Å². The summed E-state index contributed by atoms with van der Waals surface area (Å²) in [6.45, 7) is 2.43. The number of hydrogen-bond acceptors (Lipinski definition) is 4. The standard InChI is InChI=1S/C19H19N5/c1-4-5-12-24-13-11-18(22-24)16-8-6-7-15(14-16)17-9-10-19(21-20-17)23(2)3/h6-11,13-14H,12H2,1-3H3. The van der Waals surface area contributed by atoms with Crippen LogP contribution in [0.1, 0.15) is 6.92 Å². The van der Waals surface area contributed by atoms with Crippen molar-refractivity contribution in [3.8, 4) is 34.4 Å². The minimum Gasteiger partial charge on any atom is -0.361 e. The fourth-order valence-corrected chi connectivity index (χ4v) is 2.32. The SMILES string of the molecule is CC#CCn1ccc(-c2cccc(-c3ccc(N(C)C)nn3)c2)n1. The molecule has 0 atom stereocenters. The van der Waals surface area contributed by atoms with Crippen molar-refractivity contribution in [2.45, 2.75) is 13.5 Å². The molecule has 0 saturated carbocycles. The van der Waals surface area contributed by atoms with Crippen molar-refractivity contribution in [1.29, 1.82) is 0 Å². The second-order valence-corrected chi connectivity index (χ2v) is 5.58. The molecule has 0 aliphatic heterocycles. The van der Waals surface area contributed by atoms with Gasteiger partial charge in [-0.25, -0.2) is 0 Å². The predicted octanol–water partition coefficient (Wildman–Crippen LogP) is 3.10. The molecule has 0 bridgehead atoms. The first-order valence-electron chi connectivity index (χ1n) is 7.72. The van der Waals surface area contributed by atoms with E-state index in [1.165, 1.54) is 0 Å². The predicted molar refractivity (Wildman–Crippen MR) is 96.5 cm³/mol. The fraction of sp³-hybridized carbons (Fsp3) is 0.211. The zero-order valence-corrected chi connectivity index (χ0v) is 14.1. The molecule has 0 fully saturated rings. The number of rotatable bonds is 4. The Kier molecular flexibility index (Phi) is 4.57. The lowest BCUT2D eigenvalue weighted by molar-refractivity contribution is 0.718. The van der Waals surface area contributed by atoms with Crippen molar-refractivity contribution in [1.82, 2.24) is 20.0 Å². The second-order valence-electron chi connectivity index (χ2n) is 5.58. The van der Waals surface area contributed by atoms with Crippen LogP contribution in [0.25, 0.3) is 22.5 Å². The lowest BCUT2D eigenvalue weighted by atomic mass is 10.1. The number of aromatic nitrogens is 4. The summed E-state index contributed by atoms with van der Waals surface area (Å²) in [5.74, 6) is 6.73. The van der Waals surface area contributed by atoms with Crippen molar-refractivity contribution in [2.75, 3.05) is 19.0 Å². The van der Waals surface area contributed by atoms with Crippen LogP contribution in [0, 0.1) is 11.8 Å². The monoisotopic (exact) mass is 317 g/mol. The van der Waals surface area contributed by atoms with Crippen LogP contribution >= 0.6 is 0 Å². The van der Waals surface area contributed by atoms with Crippen molar-refractivity contribution >= 4 is 5.82 Å². The van der Waals surface area contributed by atoms with Crippen molar-refractivity contribution in [3.63, 3.8) is 0 Å². The summed E-state index contributed by atoms with van der Waals surface area (Å²) >= 11 is 0. The van der Waals surface area contributed by atoms with E-state index in [4.69, 9.17) is 0 Å². The number of nitrogens with zero attached hydrogens (tertiary/aromatic N) is 5. The van der Waals surface area contributed by atoms with Crippen LogP contribution < -0.4 is 4.90 Å². The van der Waals surface area contributed by atoms with Crippen molar-refractivity contribution in [2.24, 2.45) is 0 Å². The minimum absolute atomic E-state index is 0.605. The van der Waals surface area contributed by atoms with Gasteiger partial charge in [0.15, 0.2) is 5.82 Å². The Morgan fingerprint density at radius 2 is 1.79 bits per heavy atom. The minimum atomic E-state index is 0.605. The summed E-state index contributed by atoms with van der Waals surface area (Å²) in [7, 11) is 3.90. The molecule has 24 heavy (non-hydrogen) atoms. The third-order valence-corrected chi connectivity index (χ3v) is 3.62. The molecule has 2 aromatic heterocycles. The molecule has 5 nitrogen and oxygen atoms in total. The second kappa shape index (κ2) is 6.97. The van der Waals surface area contributed by atoms with Crippen LogP contribution in [0.2, 0.25) is 0 Å². The summed E-state index contributed by atoms with van der Waals surface area (Å²) in [5, 5.41) is 13.1. The average Bonchev–Trinajstić information content (AvgIpc) is 3.09. The first kappa shape index (κ1) is 15.8. The Hall–Kier alpha value is -3.13. The van der Waals surface area contributed by atoms with Crippen LogP contribution in [0.5, 0.6) is 0 Å². The average molecular weight is 317 g/mol. The molecular weight excluding hydrogens is 298 g/mol. The highest BCUT2D eigenvalue weighted by Gasteiger charge is 2.06. The Bertz CT molecular complexity index is 882. The van der Waals surface area contributed by atoms with E-state index in [1.807, 2.05) is 73.2 Å². The molecule has 0 amide bonds. The zero-order valence-electron chi connectivity index (χ0n) is 14.1. The normalized spacial score (nSPS) is 10.1. The molecule has 120 valence electrons. The highest BCUT2D eigenvalue weighted by atomic mass is 15.3. The van der Waals surface area contributed by atoms with Gasteiger partial charge in [-0.3, -0.25) is 4.68 Å². The van der Waals surface area contributed by atoms with Gasteiger partial charge in [-0.1, -0.05) is 24.1 Å². The quantitative estimate of drug-likeness (QED) is 0.694. The smallest absolute Gasteiger partial charge is 0.150 e. The Morgan fingerprint density at radius 3 is 2.46 bits per heavy atom. The van der Waals surface area contributed by atoms with Gasteiger partial charge in [0.2, 0.25) is 0 Å². The van der Waals surface area contributed by atoms with Crippen LogP contribution in [0.15, 0.2) is 48.7 Å². The molecule has 1 aromatic carbocycles. The van der Waals surface area contributed by atoms with E-state index < -0.39 is 0 Å². The fourth-order valence-electron chi connectivity index (χ4n) is 2.32. The lowest BCUT2D eigenvalue weighted by Gasteiger charge is -2.10. The van der Waals surface area contributed by atoms with E-state index in [1.54, 1.807) is 0 Å². The molecule has 0 N–H and O–H groups in total. The molecule has 3 rings (SSSR count).